The van der Waals surface area contributed by atoms with Crippen molar-refractivity contribution in [3.8, 4) is 0 Å². The molecule has 1 atom stereocenters. The summed E-state index contributed by atoms with van der Waals surface area (Å²) in [4.78, 5) is 27.3. The number of ether oxygens (including phenoxy) is 1. The van der Waals surface area contributed by atoms with Crippen LogP contribution in [0.1, 0.15) is 32.0 Å². The molecule has 0 spiro atoms. The van der Waals surface area contributed by atoms with E-state index < -0.39 is 0 Å². The maximum Gasteiger partial charge on any atom is 0.243 e. The summed E-state index contributed by atoms with van der Waals surface area (Å²) in [5.41, 5.74) is 0. The number of aryl methyl sites for hydroxylation is 1. The molecule has 2 aliphatic heterocycles. The first-order valence-corrected chi connectivity index (χ1v) is 11.3. The highest BCUT2D eigenvalue weighted by Gasteiger charge is 2.23. The number of amides is 1. The highest BCUT2D eigenvalue weighted by atomic mass is 127. The summed E-state index contributed by atoms with van der Waals surface area (Å²) in [6, 6.07) is 0. The lowest BCUT2D eigenvalue weighted by Crippen LogP contribution is -2.54. The van der Waals surface area contributed by atoms with Crippen molar-refractivity contribution in [3.63, 3.8) is 0 Å². The number of aliphatic imine (C=N–C) groups is 1. The molecular weight excluding hydrogens is 517 g/mol. The number of likely N-dealkylation sites (N-methyl/N-ethyl adjacent to an activating group) is 1. The normalized spacial score (nSPS) is 20.0. The summed E-state index contributed by atoms with van der Waals surface area (Å²) in [6.45, 7) is 7.16. The topological polar surface area (TPSA) is 86.2 Å². The zero-order chi connectivity index (χ0) is 20.6. The van der Waals surface area contributed by atoms with E-state index in [0.29, 0.717) is 0 Å². The molecule has 0 aliphatic carbocycles. The van der Waals surface area contributed by atoms with Crippen LogP contribution in [0.5, 0.6) is 0 Å². The zero-order valence-corrected chi connectivity index (χ0v) is 21.3. The van der Waals surface area contributed by atoms with E-state index in [4.69, 9.17) is 4.74 Å². The molecule has 0 saturated carbocycles. The van der Waals surface area contributed by atoms with Gasteiger partial charge in [0.2, 0.25) is 11.0 Å². The van der Waals surface area contributed by atoms with E-state index in [0.717, 1.165) is 75.5 Å². The Morgan fingerprint density at radius 3 is 2.67 bits per heavy atom. The fourth-order valence-corrected chi connectivity index (χ4v) is 4.15. The quantitative estimate of drug-likeness (QED) is 0.326. The lowest BCUT2D eigenvalue weighted by atomic mass is 10.1. The Kier molecular flexibility index (Phi) is 10.5. The summed E-state index contributed by atoms with van der Waals surface area (Å²) in [7, 11) is 3.51. The Morgan fingerprint density at radius 2 is 2.07 bits per heavy atom. The van der Waals surface area contributed by atoms with Crippen molar-refractivity contribution in [2.45, 2.75) is 38.7 Å². The van der Waals surface area contributed by atoms with Gasteiger partial charge in [-0.15, -0.1) is 24.0 Å². The van der Waals surface area contributed by atoms with Crippen LogP contribution in [0.25, 0.3) is 0 Å². The van der Waals surface area contributed by atoms with E-state index >= 15 is 0 Å². The van der Waals surface area contributed by atoms with Gasteiger partial charge < -0.3 is 24.8 Å². The number of carbonyl (C=O) groups is 1. The fourth-order valence-electron chi connectivity index (χ4n) is 3.35. The van der Waals surface area contributed by atoms with E-state index in [9.17, 15) is 4.79 Å². The van der Waals surface area contributed by atoms with Gasteiger partial charge in [0.15, 0.2) is 5.96 Å². The van der Waals surface area contributed by atoms with Crippen LogP contribution in [0.4, 0.5) is 5.13 Å². The molecule has 1 aromatic rings. The van der Waals surface area contributed by atoms with Crippen LogP contribution in [-0.4, -0.2) is 97.1 Å². The number of carbonyl (C=O) groups excluding carboxylic acids is 1. The molecule has 1 N–H and O–H groups in total. The molecular formula is C19H34IN7O2S. The molecule has 3 rings (SSSR count). The molecule has 1 amide bonds. The molecule has 3 heterocycles. The number of nitrogens with zero attached hydrogens (tertiary/aromatic N) is 6. The second-order valence-electron chi connectivity index (χ2n) is 7.62. The third-order valence-electron chi connectivity index (χ3n) is 5.25. The molecule has 9 nitrogen and oxygen atoms in total. The van der Waals surface area contributed by atoms with Gasteiger partial charge in [-0.25, -0.2) is 9.98 Å². The molecule has 0 bridgehead atoms. The van der Waals surface area contributed by atoms with Crippen LogP contribution in [0.15, 0.2) is 4.99 Å². The molecule has 1 unspecified atom stereocenters. The van der Waals surface area contributed by atoms with Gasteiger partial charge in [-0.1, -0.05) is 6.92 Å². The largest absolute Gasteiger partial charge is 0.376 e. The summed E-state index contributed by atoms with van der Waals surface area (Å²) >= 11 is 1.47. The number of rotatable bonds is 6. The summed E-state index contributed by atoms with van der Waals surface area (Å²) in [6.07, 6.45) is 4.50. The molecule has 2 fully saturated rings. The van der Waals surface area contributed by atoms with Crippen molar-refractivity contribution < 1.29 is 9.53 Å². The standard InChI is InChI=1S/C19H33N7O2S.HI/c1-4-16-22-19(29-23-16)26-10-8-25(9-11-26)18(21-14-17(27)24(2)3)20-13-15-7-5-6-12-28-15;/h15H,4-14H2,1-3H3,(H,20,21);1H. The van der Waals surface area contributed by atoms with Gasteiger partial charge in [0.25, 0.3) is 0 Å². The smallest absolute Gasteiger partial charge is 0.243 e. The third-order valence-corrected chi connectivity index (χ3v) is 6.06. The maximum absolute atomic E-state index is 12.0. The monoisotopic (exact) mass is 551 g/mol. The van der Waals surface area contributed by atoms with E-state index in [-0.39, 0.29) is 42.5 Å². The fraction of sp³-hybridized carbons (Fsp3) is 0.789. The Morgan fingerprint density at radius 1 is 1.30 bits per heavy atom. The van der Waals surface area contributed by atoms with E-state index in [1.165, 1.54) is 18.0 Å². The van der Waals surface area contributed by atoms with Crippen molar-refractivity contribution in [1.82, 2.24) is 24.5 Å². The van der Waals surface area contributed by atoms with Crippen LogP contribution in [0.3, 0.4) is 0 Å². The summed E-state index contributed by atoms with van der Waals surface area (Å²) in [5.74, 6) is 1.70. The van der Waals surface area contributed by atoms with Crippen LogP contribution < -0.4 is 10.2 Å². The van der Waals surface area contributed by atoms with Crippen LogP contribution in [0.2, 0.25) is 0 Å². The zero-order valence-electron chi connectivity index (χ0n) is 18.2. The van der Waals surface area contributed by atoms with Crippen molar-refractivity contribution in [2.75, 3.05) is 64.9 Å². The average molecular weight is 551 g/mol. The van der Waals surface area contributed by atoms with Crippen molar-refractivity contribution in [1.29, 1.82) is 0 Å². The highest BCUT2D eigenvalue weighted by Crippen LogP contribution is 2.19. The first kappa shape index (κ1) is 25.1. The second kappa shape index (κ2) is 12.6. The Hall–Kier alpha value is -1.21. The van der Waals surface area contributed by atoms with Crippen molar-refractivity contribution >= 4 is 52.5 Å². The van der Waals surface area contributed by atoms with Gasteiger partial charge in [0, 0.05) is 71.4 Å². The minimum absolute atomic E-state index is 0. The average Bonchev–Trinajstić information content (AvgIpc) is 3.24. The number of anilines is 1. The predicted molar refractivity (Wildman–Crippen MR) is 131 cm³/mol. The Bertz CT molecular complexity index is 686. The first-order valence-electron chi connectivity index (χ1n) is 10.5. The maximum atomic E-state index is 12.0. The predicted octanol–water partition coefficient (Wildman–Crippen LogP) is 1.44. The molecule has 2 aliphatic rings. The lowest BCUT2D eigenvalue weighted by Gasteiger charge is -2.36. The third kappa shape index (κ3) is 7.19. The minimum atomic E-state index is -0.00203. The number of piperazine rings is 1. The van der Waals surface area contributed by atoms with Gasteiger partial charge in [0.05, 0.1) is 6.10 Å². The lowest BCUT2D eigenvalue weighted by molar-refractivity contribution is -0.127. The first-order chi connectivity index (χ1) is 14.1. The SMILES string of the molecule is CCc1nsc(N2CCN(C(=NCC(=O)N(C)C)NCC3CCCCO3)CC2)n1.I. The second-order valence-corrected chi connectivity index (χ2v) is 8.35. The number of halogens is 1. The molecule has 2 saturated heterocycles. The van der Waals surface area contributed by atoms with Gasteiger partial charge in [0.1, 0.15) is 12.4 Å². The molecule has 170 valence electrons. The minimum Gasteiger partial charge on any atom is -0.376 e. The van der Waals surface area contributed by atoms with Crippen molar-refractivity contribution in [3.05, 3.63) is 5.82 Å². The summed E-state index contributed by atoms with van der Waals surface area (Å²) in [5, 5.41) is 4.45. The van der Waals surface area contributed by atoms with Crippen molar-refractivity contribution in [2.24, 2.45) is 4.99 Å². The molecule has 0 radical (unpaired) electrons. The number of nitrogens with one attached hydrogen (secondary N) is 1. The highest BCUT2D eigenvalue weighted by molar-refractivity contribution is 14.0. The van der Waals surface area contributed by atoms with E-state index in [1.807, 2.05) is 0 Å². The number of aromatic nitrogens is 2. The summed E-state index contributed by atoms with van der Waals surface area (Å²) < 4.78 is 10.2. The van der Waals surface area contributed by atoms with E-state index in [2.05, 4.69) is 36.4 Å². The van der Waals surface area contributed by atoms with Gasteiger partial charge in [-0.2, -0.15) is 4.37 Å². The van der Waals surface area contributed by atoms with Crippen LogP contribution in [0, 0.1) is 0 Å². The van der Waals surface area contributed by atoms with E-state index in [1.54, 1.807) is 19.0 Å². The number of guanidine groups is 1. The number of hydrogen-bond donors (Lipinski definition) is 1. The molecule has 1 aromatic heterocycles. The van der Waals surface area contributed by atoms with Gasteiger partial charge in [-0.05, 0) is 19.3 Å². The van der Waals surface area contributed by atoms with Gasteiger partial charge in [-0.3, -0.25) is 4.79 Å². The Balaban J connectivity index is 0.00000320. The van der Waals surface area contributed by atoms with Crippen LogP contribution in [-0.2, 0) is 16.0 Å². The van der Waals surface area contributed by atoms with Gasteiger partial charge >= 0.3 is 0 Å². The van der Waals surface area contributed by atoms with Crippen LogP contribution >= 0.6 is 35.5 Å². The Labute approximate surface area is 200 Å². The molecule has 30 heavy (non-hydrogen) atoms. The number of hydrogen-bond acceptors (Lipinski definition) is 7. The molecule has 0 aromatic carbocycles. The molecule has 11 heteroatoms.